The van der Waals surface area contributed by atoms with E-state index in [4.69, 9.17) is 4.42 Å². The van der Waals surface area contributed by atoms with Gasteiger partial charge in [-0.3, -0.25) is 0 Å². The number of furan rings is 1. The summed E-state index contributed by atoms with van der Waals surface area (Å²) in [6, 6.07) is 71.0. The molecule has 11 aromatic carbocycles. The summed E-state index contributed by atoms with van der Waals surface area (Å²) >= 11 is 0. The van der Waals surface area contributed by atoms with Crippen molar-refractivity contribution in [2.24, 2.45) is 0 Å². The van der Waals surface area contributed by atoms with Gasteiger partial charge in [-0.15, -0.1) is 0 Å². The van der Waals surface area contributed by atoms with Gasteiger partial charge in [-0.05, 0) is 123 Å². The van der Waals surface area contributed by atoms with Gasteiger partial charge in [0.25, 0.3) is 0 Å². The maximum atomic E-state index is 6.72. The molecule has 0 spiro atoms. The van der Waals surface area contributed by atoms with Gasteiger partial charge in [0, 0.05) is 16.2 Å². The summed E-state index contributed by atoms with van der Waals surface area (Å²) in [5.41, 5.74) is 9.31. The van der Waals surface area contributed by atoms with Crippen LogP contribution < -0.4 is 0 Å². The molecule has 1 heteroatoms. The second-order valence-electron chi connectivity index (χ2n) is 14.8. The molecule has 0 aliphatic heterocycles. The maximum Gasteiger partial charge on any atom is 0.143 e. The van der Waals surface area contributed by atoms with Gasteiger partial charge in [0.1, 0.15) is 11.2 Å². The van der Waals surface area contributed by atoms with Gasteiger partial charge in [-0.25, -0.2) is 0 Å². The largest absolute Gasteiger partial charge is 0.455 e. The number of hydrogen-bond acceptors (Lipinski definition) is 1. The zero-order chi connectivity index (χ0) is 36.0. The number of benzene rings is 11. The first kappa shape index (κ1) is 30.3. The molecule has 0 bridgehead atoms. The summed E-state index contributed by atoms with van der Waals surface area (Å²) < 4.78 is 6.72. The summed E-state index contributed by atoms with van der Waals surface area (Å²) in [7, 11) is 0. The van der Waals surface area contributed by atoms with E-state index in [2.05, 4.69) is 194 Å². The highest BCUT2D eigenvalue weighted by molar-refractivity contribution is 6.34. The van der Waals surface area contributed by atoms with E-state index in [-0.39, 0.29) is 0 Å². The average Bonchev–Trinajstić information content (AvgIpc) is 3.66. The normalized spacial score (nSPS) is 12.0. The average molecular weight is 697 g/mol. The predicted molar refractivity (Wildman–Crippen MR) is 235 cm³/mol. The molecule has 0 saturated carbocycles. The standard InChI is InChI=1S/C54H32O/c1-2-13-34(14-3-1)50-43-18-8-10-20-45(43)51(46-21-11-9-19-44(46)50)39-25-24-35-30-36(22-23-37(35)31-39)38-26-28-47-48(32-38)41-16-6-7-17-42(41)53-52-40-15-5-4-12-33(40)27-29-49(52)55-54(47)53/h1-32H. The first-order chi connectivity index (χ1) is 27.3. The third-order valence-corrected chi connectivity index (χ3v) is 11.8. The van der Waals surface area contributed by atoms with Crippen LogP contribution in [0.2, 0.25) is 0 Å². The monoisotopic (exact) mass is 696 g/mol. The van der Waals surface area contributed by atoms with Crippen molar-refractivity contribution in [2.45, 2.75) is 0 Å². The lowest BCUT2D eigenvalue weighted by Crippen LogP contribution is -1.91. The molecule has 1 nitrogen and oxygen atoms in total. The van der Waals surface area contributed by atoms with Crippen LogP contribution in [0.1, 0.15) is 0 Å². The summed E-state index contributed by atoms with van der Waals surface area (Å²) in [6.45, 7) is 0. The quantitative estimate of drug-likeness (QED) is 0.132. The van der Waals surface area contributed by atoms with Crippen molar-refractivity contribution in [3.05, 3.63) is 194 Å². The lowest BCUT2D eigenvalue weighted by atomic mass is 9.85. The molecule has 0 aliphatic carbocycles. The summed E-state index contributed by atoms with van der Waals surface area (Å²) in [5.74, 6) is 0. The van der Waals surface area contributed by atoms with Gasteiger partial charge < -0.3 is 4.42 Å². The Morgan fingerprint density at radius 3 is 1.47 bits per heavy atom. The van der Waals surface area contributed by atoms with Crippen molar-refractivity contribution in [2.75, 3.05) is 0 Å². The van der Waals surface area contributed by atoms with Crippen LogP contribution in [0.15, 0.2) is 199 Å². The molecule has 12 rings (SSSR count). The van der Waals surface area contributed by atoms with Crippen LogP contribution in [-0.4, -0.2) is 0 Å². The van der Waals surface area contributed by atoms with Crippen LogP contribution in [-0.2, 0) is 0 Å². The number of hydrogen-bond donors (Lipinski definition) is 0. The van der Waals surface area contributed by atoms with E-state index >= 15 is 0 Å². The molecule has 0 atom stereocenters. The Morgan fingerprint density at radius 2 is 0.764 bits per heavy atom. The first-order valence-electron chi connectivity index (χ1n) is 19.0. The Labute approximate surface area is 317 Å². The topological polar surface area (TPSA) is 13.1 Å². The fourth-order valence-electron chi connectivity index (χ4n) is 9.33. The highest BCUT2D eigenvalue weighted by Crippen LogP contribution is 2.46. The minimum Gasteiger partial charge on any atom is -0.455 e. The Morgan fingerprint density at radius 1 is 0.255 bits per heavy atom. The van der Waals surface area contributed by atoms with E-state index in [0.29, 0.717) is 0 Å². The van der Waals surface area contributed by atoms with Crippen molar-refractivity contribution in [3.63, 3.8) is 0 Å². The minimum absolute atomic E-state index is 0.928. The lowest BCUT2D eigenvalue weighted by molar-refractivity contribution is 0.673. The molecule has 0 unspecified atom stereocenters. The van der Waals surface area contributed by atoms with Crippen molar-refractivity contribution >= 4 is 86.6 Å². The van der Waals surface area contributed by atoms with Gasteiger partial charge in [0.2, 0.25) is 0 Å². The fraction of sp³-hybridized carbons (Fsp3) is 0. The van der Waals surface area contributed by atoms with Crippen LogP contribution in [0, 0.1) is 0 Å². The zero-order valence-electron chi connectivity index (χ0n) is 29.9. The lowest BCUT2D eigenvalue weighted by Gasteiger charge is -2.18. The van der Waals surface area contributed by atoms with Gasteiger partial charge in [-0.1, -0.05) is 164 Å². The van der Waals surface area contributed by atoms with Crippen LogP contribution in [0.3, 0.4) is 0 Å². The molecule has 55 heavy (non-hydrogen) atoms. The van der Waals surface area contributed by atoms with E-state index in [0.717, 1.165) is 16.6 Å². The number of rotatable bonds is 3. The maximum absolute atomic E-state index is 6.72. The molecular weight excluding hydrogens is 665 g/mol. The van der Waals surface area contributed by atoms with Gasteiger partial charge >= 0.3 is 0 Å². The molecule has 0 radical (unpaired) electrons. The smallest absolute Gasteiger partial charge is 0.143 e. The molecule has 0 saturated heterocycles. The first-order valence-corrected chi connectivity index (χ1v) is 19.0. The SMILES string of the molecule is c1ccc(-c2c3ccccc3c(-c3ccc4cc(-c5ccc6c(c5)c5ccccc5c5c6oc6ccc7ccccc7c65)ccc4c3)c3ccccc23)cc1. The summed E-state index contributed by atoms with van der Waals surface area (Å²) in [6.07, 6.45) is 0. The Bertz CT molecular complexity index is 3480. The molecule has 12 aromatic rings. The molecule has 0 N–H and O–H groups in total. The third kappa shape index (κ3) is 4.48. The van der Waals surface area contributed by atoms with Crippen LogP contribution in [0.25, 0.3) is 120 Å². The second-order valence-corrected chi connectivity index (χ2v) is 14.8. The van der Waals surface area contributed by atoms with Gasteiger partial charge in [-0.2, -0.15) is 0 Å². The Balaban J connectivity index is 1.02. The highest BCUT2D eigenvalue weighted by atomic mass is 16.3. The predicted octanol–water partition coefficient (Wildman–Crippen LogP) is 15.5. The molecule has 1 aromatic heterocycles. The van der Waals surface area contributed by atoms with Gasteiger partial charge in [0.05, 0.1) is 0 Å². The zero-order valence-corrected chi connectivity index (χ0v) is 29.9. The van der Waals surface area contributed by atoms with E-state index in [1.54, 1.807) is 0 Å². The molecule has 0 fully saturated rings. The van der Waals surface area contributed by atoms with E-state index in [1.807, 2.05) is 0 Å². The van der Waals surface area contributed by atoms with Crippen LogP contribution in [0.4, 0.5) is 0 Å². The number of fused-ring (bicyclic) bond motifs is 13. The molecule has 254 valence electrons. The molecule has 0 aliphatic rings. The van der Waals surface area contributed by atoms with Crippen LogP contribution in [0.5, 0.6) is 0 Å². The van der Waals surface area contributed by atoms with E-state index in [9.17, 15) is 0 Å². The molecule has 1 heterocycles. The van der Waals surface area contributed by atoms with Gasteiger partial charge in [0.15, 0.2) is 0 Å². The third-order valence-electron chi connectivity index (χ3n) is 11.8. The fourth-order valence-corrected chi connectivity index (χ4v) is 9.33. The highest BCUT2D eigenvalue weighted by Gasteiger charge is 2.19. The minimum atomic E-state index is 0.928. The summed E-state index contributed by atoms with van der Waals surface area (Å²) in [4.78, 5) is 0. The van der Waals surface area contributed by atoms with E-state index in [1.165, 1.54) is 103 Å². The van der Waals surface area contributed by atoms with Crippen molar-refractivity contribution in [3.8, 4) is 33.4 Å². The molecule has 0 amide bonds. The Hall–Kier alpha value is -7.22. The van der Waals surface area contributed by atoms with Crippen molar-refractivity contribution in [1.82, 2.24) is 0 Å². The Kier molecular flexibility index (Phi) is 6.40. The summed E-state index contributed by atoms with van der Waals surface area (Å²) in [5, 5.41) is 17.2. The van der Waals surface area contributed by atoms with Crippen molar-refractivity contribution < 1.29 is 4.42 Å². The second kappa shape index (κ2) is 11.6. The molecular formula is C54H32O. The van der Waals surface area contributed by atoms with Crippen LogP contribution >= 0.6 is 0 Å². The van der Waals surface area contributed by atoms with Crippen molar-refractivity contribution in [1.29, 1.82) is 0 Å². The van der Waals surface area contributed by atoms with E-state index < -0.39 is 0 Å².